The first-order valence-corrected chi connectivity index (χ1v) is 7.72. The van der Waals surface area contributed by atoms with Crippen LogP contribution in [-0.4, -0.2) is 22.5 Å². The van der Waals surface area contributed by atoms with Crippen LogP contribution in [0.5, 0.6) is 0 Å². The number of hydrogen-bond donors (Lipinski definition) is 1. The van der Waals surface area contributed by atoms with Gasteiger partial charge >= 0.3 is 0 Å². The van der Waals surface area contributed by atoms with Crippen LogP contribution in [0, 0.1) is 5.82 Å². The zero-order valence-electron chi connectivity index (χ0n) is 11.7. The summed E-state index contributed by atoms with van der Waals surface area (Å²) in [5.41, 5.74) is 1.30. The lowest BCUT2D eigenvalue weighted by atomic mass is 10.0. The first-order chi connectivity index (χ1) is 9.00. The number of nitrogens with zero attached hydrogens (tertiary/aromatic N) is 1. The maximum Gasteiger partial charge on any atom is 0.157 e. The number of thioether (sulfide) groups is 1. The number of nitrogens with one attached hydrogen (secondary N) is 1. The van der Waals surface area contributed by atoms with E-state index in [1.807, 2.05) is 12.1 Å². The van der Waals surface area contributed by atoms with E-state index in [-0.39, 0.29) is 17.4 Å². The summed E-state index contributed by atoms with van der Waals surface area (Å²) in [4.78, 5) is 4.71. The molecule has 1 heterocycles. The lowest BCUT2D eigenvalue weighted by Crippen LogP contribution is -2.39. The molecule has 1 aromatic rings. The summed E-state index contributed by atoms with van der Waals surface area (Å²) >= 11 is 1.79. The van der Waals surface area contributed by atoms with Crippen molar-refractivity contribution in [2.45, 2.75) is 45.2 Å². The van der Waals surface area contributed by atoms with E-state index < -0.39 is 0 Å². The Morgan fingerprint density at radius 2 is 2.11 bits per heavy atom. The number of halogens is 1. The number of benzene rings is 1. The first-order valence-electron chi connectivity index (χ1n) is 6.74. The van der Waals surface area contributed by atoms with E-state index in [1.54, 1.807) is 11.8 Å². The fourth-order valence-electron chi connectivity index (χ4n) is 2.03. The largest absolute Gasteiger partial charge is 0.359 e. The molecule has 0 aromatic heterocycles. The first kappa shape index (κ1) is 14.4. The van der Waals surface area contributed by atoms with Gasteiger partial charge in [0.25, 0.3) is 0 Å². The lowest BCUT2D eigenvalue weighted by molar-refractivity contribution is 0.465. The summed E-state index contributed by atoms with van der Waals surface area (Å²) < 4.78 is 12.8. The van der Waals surface area contributed by atoms with Crippen LogP contribution in [0.15, 0.2) is 29.3 Å². The van der Waals surface area contributed by atoms with Crippen molar-refractivity contribution in [1.29, 1.82) is 0 Å². The van der Waals surface area contributed by atoms with Crippen LogP contribution in [0.3, 0.4) is 0 Å². The third kappa shape index (κ3) is 3.96. The monoisotopic (exact) mass is 280 g/mol. The highest BCUT2D eigenvalue weighted by Crippen LogP contribution is 2.26. The third-order valence-corrected chi connectivity index (χ3v) is 4.76. The van der Waals surface area contributed by atoms with Crippen LogP contribution in [0.2, 0.25) is 0 Å². The molecule has 1 saturated heterocycles. The van der Waals surface area contributed by atoms with Crippen LogP contribution >= 0.6 is 11.8 Å². The average molecular weight is 280 g/mol. The molecule has 0 bridgehead atoms. The molecule has 104 valence electrons. The zero-order chi connectivity index (χ0) is 13.9. The highest BCUT2D eigenvalue weighted by molar-refractivity contribution is 8.14. The summed E-state index contributed by atoms with van der Waals surface area (Å²) in [6.45, 7) is 6.52. The normalized spacial score (nSPS) is 26.4. The van der Waals surface area contributed by atoms with Gasteiger partial charge < -0.3 is 5.32 Å². The van der Waals surface area contributed by atoms with E-state index in [2.05, 4.69) is 26.1 Å². The fraction of sp³-hybridized carbons (Fsp3) is 0.533. The molecule has 2 nitrogen and oxygen atoms in total. The minimum atomic E-state index is -0.186. The highest BCUT2D eigenvalue weighted by Gasteiger charge is 2.30. The quantitative estimate of drug-likeness (QED) is 0.911. The van der Waals surface area contributed by atoms with Crippen LogP contribution in [-0.2, 0) is 6.42 Å². The standard InChI is InChI=1S/C15H21FN2S/c1-4-15(3)10-19-14(18-15)17-11(2)9-12-5-7-13(16)8-6-12/h5-8,11H,4,9-10H2,1-3H3,(H,17,18). The van der Waals surface area contributed by atoms with Crippen molar-refractivity contribution in [2.75, 3.05) is 5.75 Å². The zero-order valence-corrected chi connectivity index (χ0v) is 12.6. The van der Waals surface area contributed by atoms with Crippen molar-refractivity contribution in [3.63, 3.8) is 0 Å². The molecular formula is C15H21FN2S. The Morgan fingerprint density at radius 1 is 1.42 bits per heavy atom. The van der Waals surface area contributed by atoms with Crippen molar-refractivity contribution in [1.82, 2.24) is 5.32 Å². The van der Waals surface area contributed by atoms with Gasteiger partial charge in [0.15, 0.2) is 5.17 Å². The van der Waals surface area contributed by atoms with Crippen LogP contribution in [0.4, 0.5) is 4.39 Å². The van der Waals surface area contributed by atoms with Gasteiger partial charge in [0.1, 0.15) is 5.82 Å². The number of rotatable bonds is 4. The highest BCUT2D eigenvalue weighted by atomic mass is 32.2. The van der Waals surface area contributed by atoms with Crippen molar-refractivity contribution >= 4 is 16.9 Å². The maximum absolute atomic E-state index is 12.8. The Kier molecular flexibility index (Phi) is 4.50. The fourth-order valence-corrected chi connectivity index (χ4v) is 3.33. The molecule has 0 radical (unpaired) electrons. The minimum Gasteiger partial charge on any atom is -0.359 e. The van der Waals surface area contributed by atoms with Crippen LogP contribution in [0.25, 0.3) is 0 Å². The second-order valence-electron chi connectivity index (χ2n) is 5.44. The molecule has 0 saturated carbocycles. The van der Waals surface area contributed by atoms with E-state index in [9.17, 15) is 4.39 Å². The van der Waals surface area contributed by atoms with Crippen molar-refractivity contribution in [3.05, 3.63) is 35.6 Å². The molecule has 2 atom stereocenters. The molecular weight excluding hydrogens is 259 g/mol. The van der Waals surface area contributed by atoms with Crippen LogP contribution < -0.4 is 5.32 Å². The molecule has 1 fully saturated rings. The second kappa shape index (κ2) is 5.95. The van der Waals surface area contributed by atoms with E-state index in [0.717, 1.165) is 29.3 Å². The van der Waals surface area contributed by atoms with Crippen molar-refractivity contribution < 1.29 is 4.39 Å². The summed E-state index contributed by atoms with van der Waals surface area (Å²) in [5, 5.41) is 4.54. The summed E-state index contributed by atoms with van der Waals surface area (Å²) in [6.07, 6.45) is 1.94. The molecule has 19 heavy (non-hydrogen) atoms. The summed E-state index contributed by atoms with van der Waals surface area (Å²) in [6, 6.07) is 6.88. The van der Waals surface area contributed by atoms with E-state index in [4.69, 9.17) is 4.99 Å². The summed E-state index contributed by atoms with van der Waals surface area (Å²) in [5.74, 6) is 0.889. The Labute approximate surface area is 118 Å². The van der Waals surface area contributed by atoms with Gasteiger partial charge in [0, 0.05) is 11.3 Å². The predicted octanol–water partition coefficient (Wildman–Crippen LogP) is 3.62. The van der Waals surface area contributed by atoms with Gasteiger partial charge in [-0.3, -0.25) is 4.99 Å². The van der Waals surface area contributed by atoms with Gasteiger partial charge in [-0.1, -0.05) is 30.8 Å². The Morgan fingerprint density at radius 3 is 2.68 bits per heavy atom. The lowest BCUT2D eigenvalue weighted by Gasteiger charge is -2.21. The van der Waals surface area contributed by atoms with Gasteiger partial charge in [-0.2, -0.15) is 0 Å². The Balaban J connectivity index is 1.94. The molecule has 4 heteroatoms. The second-order valence-corrected chi connectivity index (χ2v) is 6.41. The number of hydrogen-bond acceptors (Lipinski definition) is 2. The molecule has 2 unspecified atom stereocenters. The minimum absolute atomic E-state index is 0.180. The van der Waals surface area contributed by atoms with Gasteiger partial charge in [0.2, 0.25) is 0 Å². The maximum atomic E-state index is 12.8. The topological polar surface area (TPSA) is 24.4 Å². The van der Waals surface area contributed by atoms with Gasteiger partial charge in [-0.05, 0) is 44.4 Å². The van der Waals surface area contributed by atoms with Gasteiger partial charge in [-0.25, -0.2) is 4.39 Å². The van der Waals surface area contributed by atoms with Gasteiger partial charge in [-0.15, -0.1) is 0 Å². The van der Waals surface area contributed by atoms with E-state index >= 15 is 0 Å². The molecule has 1 aliphatic heterocycles. The molecule has 0 aliphatic carbocycles. The molecule has 0 amide bonds. The Bertz CT molecular complexity index is 458. The van der Waals surface area contributed by atoms with E-state index in [0.29, 0.717) is 0 Å². The molecule has 1 aliphatic rings. The molecule has 2 rings (SSSR count). The van der Waals surface area contributed by atoms with E-state index in [1.165, 1.54) is 12.1 Å². The van der Waals surface area contributed by atoms with Crippen molar-refractivity contribution in [2.24, 2.45) is 4.99 Å². The summed E-state index contributed by atoms with van der Waals surface area (Å²) in [7, 11) is 0. The smallest absolute Gasteiger partial charge is 0.157 e. The Hall–Kier alpha value is -1.03. The molecule has 0 spiro atoms. The third-order valence-electron chi connectivity index (χ3n) is 3.50. The van der Waals surface area contributed by atoms with Crippen LogP contribution in [0.1, 0.15) is 32.8 Å². The molecule has 1 aromatic carbocycles. The van der Waals surface area contributed by atoms with Gasteiger partial charge in [0.05, 0.1) is 6.04 Å². The number of aliphatic imine (C=N–C) groups is 1. The SMILES string of the molecule is CCC1(C)CSC(=NC(C)Cc2ccc(F)cc2)N1. The number of amidine groups is 1. The predicted molar refractivity (Wildman–Crippen MR) is 81.3 cm³/mol. The average Bonchev–Trinajstić information content (AvgIpc) is 2.74. The molecule has 1 N–H and O–H groups in total. The van der Waals surface area contributed by atoms with Crippen molar-refractivity contribution in [3.8, 4) is 0 Å².